The second-order valence-electron chi connectivity index (χ2n) is 6.84. The van der Waals surface area contributed by atoms with Crippen LogP contribution >= 0.6 is 12.8 Å². The van der Waals surface area contributed by atoms with E-state index in [0.29, 0.717) is 13.1 Å². The van der Waals surface area contributed by atoms with E-state index in [-0.39, 0.29) is 6.03 Å². The summed E-state index contributed by atoms with van der Waals surface area (Å²) in [5, 5.41) is 3.02. The molecule has 0 aromatic heterocycles. The summed E-state index contributed by atoms with van der Waals surface area (Å²) in [6, 6.07) is 12.3. The molecule has 0 saturated carbocycles. The molecule has 27 heavy (non-hydrogen) atoms. The first-order valence-corrected chi connectivity index (χ1v) is 9.46. The topological polar surface area (TPSA) is 47.6 Å². The number of hydrogen-bond donors (Lipinski definition) is 3. The molecule has 3 rings (SSSR count). The number of nitrogens with one attached hydrogen (secondary N) is 2. The summed E-state index contributed by atoms with van der Waals surface area (Å²) < 4.78 is 2.92. The Labute approximate surface area is 166 Å². The third-order valence-corrected chi connectivity index (χ3v) is 5.06. The number of rotatable bonds is 5. The Morgan fingerprint density at radius 3 is 2.37 bits per heavy atom. The van der Waals surface area contributed by atoms with Crippen molar-refractivity contribution in [3.05, 3.63) is 64.9 Å². The third-order valence-electron chi connectivity index (χ3n) is 4.82. The molecule has 142 valence electrons. The van der Waals surface area contributed by atoms with Crippen LogP contribution in [0.5, 0.6) is 0 Å². The van der Waals surface area contributed by atoms with Crippen LogP contribution in [-0.2, 0) is 0 Å². The minimum atomic E-state index is 0.0122. The lowest BCUT2D eigenvalue weighted by molar-refractivity contribution is 0.256. The normalized spacial score (nSPS) is 14.7. The lowest BCUT2D eigenvalue weighted by Gasteiger charge is -2.22. The summed E-state index contributed by atoms with van der Waals surface area (Å²) in [6.07, 6.45) is 1.85. The van der Waals surface area contributed by atoms with Crippen LogP contribution in [0.3, 0.4) is 0 Å². The van der Waals surface area contributed by atoms with Crippen LogP contribution in [0.1, 0.15) is 22.3 Å². The number of carbonyl (C=O) groups is 1. The van der Waals surface area contributed by atoms with E-state index < -0.39 is 0 Å². The van der Waals surface area contributed by atoms with E-state index >= 15 is 0 Å². The van der Waals surface area contributed by atoms with E-state index in [2.05, 4.69) is 54.9 Å². The molecule has 0 spiro atoms. The summed E-state index contributed by atoms with van der Waals surface area (Å²) in [7, 11) is 1.84. The molecule has 1 fully saturated rings. The van der Waals surface area contributed by atoms with E-state index in [1.165, 1.54) is 0 Å². The fourth-order valence-electron chi connectivity index (χ4n) is 3.63. The maximum absolute atomic E-state index is 13.2. The van der Waals surface area contributed by atoms with Gasteiger partial charge in [0.15, 0.2) is 0 Å². The van der Waals surface area contributed by atoms with Crippen molar-refractivity contribution in [3.8, 4) is 0 Å². The van der Waals surface area contributed by atoms with Crippen LogP contribution in [0.4, 0.5) is 16.2 Å². The Morgan fingerprint density at radius 1 is 1.07 bits per heavy atom. The average Bonchev–Trinajstić information content (AvgIpc) is 3.01. The van der Waals surface area contributed by atoms with E-state index in [9.17, 15) is 4.79 Å². The monoisotopic (exact) mass is 382 g/mol. The molecule has 0 aliphatic carbocycles. The highest BCUT2D eigenvalue weighted by Gasteiger charge is 2.32. The van der Waals surface area contributed by atoms with Crippen LogP contribution in [0.15, 0.2) is 42.6 Å². The minimum absolute atomic E-state index is 0.0122. The molecule has 0 radical (unpaired) electrons. The van der Waals surface area contributed by atoms with Gasteiger partial charge in [-0.15, -0.1) is 0 Å². The van der Waals surface area contributed by atoms with Crippen molar-refractivity contribution in [2.75, 3.05) is 29.9 Å². The molecule has 5 nitrogen and oxygen atoms in total. The number of anilines is 2. The van der Waals surface area contributed by atoms with Gasteiger partial charge in [-0.2, -0.15) is 0 Å². The molecule has 2 amide bonds. The first kappa shape index (κ1) is 19.2. The number of nitrogens with zero attached hydrogens (tertiary/aromatic N) is 2. The van der Waals surface area contributed by atoms with Gasteiger partial charge in [0.2, 0.25) is 0 Å². The second kappa shape index (κ2) is 7.96. The van der Waals surface area contributed by atoms with Crippen molar-refractivity contribution in [1.29, 1.82) is 0 Å². The van der Waals surface area contributed by atoms with Gasteiger partial charge in [0.25, 0.3) is 0 Å². The van der Waals surface area contributed by atoms with Gasteiger partial charge in [-0.1, -0.05) is 31.0 Å². The zero-order valence-corrected chi connectivity index (χ0v) is 17.1. The number of urea groups is 1. The summed E-state index contributed by atoms with van der Waals surface area (Å²) in [5.74, 6) is 0. The maximum Gasteiger partial charge on any atom is 0.329 e. The van der Waals surface area contributed by atoms with Gasteiger partial charge in [-0.25, -0.2) is 4.79 Å². The zero-order chi connectivity index (χ0) is 19.6. The van der Waals surface area contributed by atoms with Crippen LogP contribution in [-0.4, -0.2) is 26.2 Å². The van der Waals surface area contributed by atoms with E-state index in [4.69, 9.17) is 0 Å². The van der Waals surface area contributed by atoms with Gasteiger partial charge >= 0.3 is 6.03 Å². The summed E-state index contributed by atoms with van der Waals surface area (Å²) in [4.78, 5) is 16.9. The summed E-state index contributed by atoms with van der Waals surface area (Å²) >= 11 is 4.20. The Balaban J connectivity index is 1.94. The Morgan fingerprint density at radius 2 is 1.74 bits per heavy atom. The standard InChI is InChI=1S/C21H26N4OS/c1-14-10-15(2)12-17(11-14)24-8-9-25(21(24)26)20-7-5-6-18(16(20)3)19(23-27)13-22-4/h5-7,10-13,22-23,27H,8-9H2,1-4H3/b19-13-. The molecular weight excluding hydrogens is 356 g/mol. The number of hydrogen-bond acceptors (Lipinski definition) is 4. The smallest absolute Gasteiger partial charge is 0.329 e. The first-order chi connectivity index (χ1) is 13.0. The van der Waals surface area contributed by atoms with Gasteiger partial charge in [0.1, 0.15) is 0 Å². The van der Waals surface area contributed by atoms with E-state index in [1.807, 2.05) is 48.2 Å². The van der Waals surface area contributed by atoms with Crippen LogP contribution < -0.4 is 19.8 Å². The summed E-state index contributed by atoms with van der Waals surface area (Å²) in [5.41, 5.74) is 7.12. The van der Waals surface area contributed by atoms with E-state index in [1.54, 1.807) is 0 Å². The average molecular weight is 383 g/mol. The maximum atomic E-state index is 13.2. The Kier molecular flexibility index (Phi) is 5.65. The first-order valence-electron chi connectivity index (χ1n) is 9.01. The Bertz CT molecular complexity index is 873. The highest BCUT2D eigenvalue weighted by Crippen LogP contribution is 2.31. The number of carbonyl (C=O) groups excluding carboxylic acids is 1. The lowest BCUT2D eigenvalue weighted by Crippen LogP contribution is -2.32. The molecule has 0 unspecified atom stereocenters. The number of amides is 2. The van der Waals surface area contributed by atoms with Gasteiger partial charge in [-0.3, -0.25) is 9.80 Å². The van der Waals surface area contributed by atoms with Crippen molar-refractivity contribution < 1.29 is 4.79 Å². The van der Waals surface area contributed by atoms with Gasteiger partial charge in [0.05, 0.1) is 5.70 Å². The number of aryl methyl sites for hydroxylation is 2. The minimum Gasteiger partial charge on any atom is -0.392 e. The van der Waals surface area contributed by atoms with Crippen LogP contribution in [0.25, 0.3) is 5.70 Å². The molecule has 2 aromatic rings. The van der Waals surface area contributed by atoms with Gasteiger partial charge < -0.3 is 10.0 Å². The van der Waals surface area contributed by atoms with Crippen molar-refractivity contribution in [2.45, 2.75) is 20.8 Å². The Hall–Kier alpha value is -2.60. The fourth-order valence-corrected chi connectivity index (χ4v) is 3.81. The lowest BCUT2D eigenvalue weighted by atomic mass is 10.0. The SMILES string of the molecule is CN/C=C(\NS)c1cccc(N2CCN(c3cc(C)cc(C)c3)C2=O)c1C. The van der Waals surface area contributed by atoms with Crippen molar-refractivity contribution in [1.82, 2.24) is 10.0 Å². The molecule has 1 aliphatic heterocycles. The molecule has 0 atom stereocenters. The predicted molar refractivity (Wildman–Crippen MR) is 116 cm³/mol. The predicted octanol–water partition coefficient (Wildman–Crippen LogP) is 4.01. The molecular formula is C21H26N4OS. The highest BCUT2D eigenvalue weighted by atomic mass is 32.1. The van der Waals surface area contributed by atoms with Gasteiger partial charge in [-0.05, 0) is 55.7 Å². The quantitative estimate of drug-likeness (QED) is 0.685. The van der Waals surface area contributed by atoms with Crippen LogP contribution in [0, 0.1) is 20.8 Å². The third kappa shape index (κ3) is 3.76. The fraction of sp³-hybridized carbons (Fsp3) is 0.286. The molecule has 1 saturated heterocycles. The number of thiol groups is 1. The van der Waals surface area contributed by atoms with Crippen LogP contribution in [0.2, 0.25) is 0 Å². The second-order valence-corrected chi connectivity index (χ2v) is 7.06. The zero-order valence-electron chi connectivity index (χ0n) is 16.2. The largest absolute Gasteiger partial charge is 0.392 e. The molecule has 1 heterocycles. The molecule has 2 N–H and O–H groups in total. The van der Waals surface area contributed by atoms with Crippen molar-refractivity contribution in [2.24, 2.45) is 0 Å². The van der Waals surface area contributed by atoms with Gasteiger partial charge in [0, 0.05) is 43.3 Å². The molecule has 2 aromatic carbocycles. The van der Waals surface area contributed by atoms with E-state index in [0.717, 1.165) is 39.3 Å². The molecule has 1 aliphatic rings. The summed E-state index contributed by atoms with van der Waals surface area (Å²) in [6.45, 7) is 7.49. The number of benzene rings is 2. The highest BCUT2D eigenvalue weighted by molar-refractivity contribution is 7.78. The molecule has 0 bridgehead atoms. The molecule has 6 heteroatoms. The van der Waals surface area contributed by atoms with Crippen molar-refractivity contribution in [3.63, 3.8) is 0 Å². The van der Waals surface area contributed by atoms with Crippen molar-refractivity contribution >= 4 is 35.9 Å².